The number of aryl methyl sites for hydroxylation is 4. The fourth-order valence-electron chi connectivity index (χ4n) is 6.63. The molecule has 0 amide bonds. The van der Waals surface area contributed by atoms with E-state index in [9.17, 15) is 14.7 Å². The predicted molar refractivity (Wildman–Crippen MR) is 165 cm³/mol. The van der Waals surface area contributed by atoms with Gasteiger partial charge in [-0.2, -0.15) is 0 Å². The molecule has 2 aliphatic rings. The summed E-state index contributed by atoms with van der Waals surface area (Å²) in [4.78, 5) is 30.8. The Labute approximate surface area is 254 Å². The quantitative estimate of drug-likeness (QED) is 0.186. The number of ether oxygens (including phenoxy) is 1. The molecule has 4 aromatic rings. The summed E-state index contributed by atoms with van der Waals surface area (Å²) >= 11 is 2.87. The maximum absolute atomic E-state index is 13.5. The van der Waals surface area contributed by atoms with Crippen molar-refractivity contribution in [2.24, 2.45) is 0 Å². The molecule has 0 radical (unpaired) electrons. The van der Waals surface area contributed by atoms with E-state index in [0.29, 0.717) is 15.8 Å². The van der Waals surface area contributed by atoms with Crippen molar-refractivity contribution >= 4 is 46.0 Å². The first-order valence-electron chi connectivity index (χ1n) is 14.9. The number of thiophene rings is 2. The van der Waals surface area contributed by atoms with Gasteiger partial charge in [-0.3, -0.25) is 4.79 Å². The summed E-state index contributed by atoms with van der Waals surface area (Å²) in [6, 6.07) is 9.84. The second-order valence-electron chi connectivity index (χ2n) is 11.8. The largest absolute Gasteiger partial charge is 0.460 e. The highest BCUT2D eigenvalue weighted by molar-refractivity contribution is 7.14. The van der Waals surface area contributed by atoms with Crippen molar-refractivity contribution in [1.29, 1.82) is 0 Å². The van der Waals surface area contributed by atoms with Crippen molar-refractivity contribution < 1.29 is 19.4 Å². The number of esters is 1. The lowest BCUT2D eigenvalue weighted by molar-refractivity contribution is -0.169. The smallest absolute Gasteiger partial charge is 0.349 e. The summed E-state index contributed by atoms with van der Waals surface area (Å²) in [6.45, 7) is 5.66. The second-order valence-corrected chi connectivity index (χ2v) is 14.4. The van der Waals surface area contributed by atoms with Crippen LogP contribution in [0.5, 0.6) is 0 Å². The number of hydrogen-bond donors (Lipinski definition) is 1. The predicted octanol–water partition coefficient (Wildman–Crippen LogP) is 5.58. The molecule has 8 nitrogen and oxygen atoms in total. The molecular formula is C32H38N4O4S2. The highest BCUT2D eigenvalue weighted by atomic mass is 32.1. The number of fused-ring (bicyclic) bond motifs is 3. The molecular weight excluding hydrogens is 569 g/mol. The number of nitrogens with zero attached hydrogens (tertiary/aromatic N) is 4. The van der Waals surface area contributed by atoms with E-state index in [0.717, 1.165) is 97.1 Å². The van der Waals surface area contributed by atoms with Crippen molar-refractivity contribution in [1.82, 2.24) is 19.9 Å². The van der Waals surface area contributed by atoms with Gasteiger partial charge in [0.15, 0.2) is 0 Å². The third kappa shape index (κ3) is 5.45. The van der Waals surface area contributed by atoms with Crippen LogP contribution in [0.15, 0.2) is 30.3 Å². The van der Waals surface area contributed by atoms with Crippen molar-refractivity contribution in [3.63, 3.8) is 0 Å². The fraction of sp³-hybridized carbons (Fsp3) is 0.500. The maximum atomic E-state index is 13.5. The topological polar surface area (TPSA) is 97.6 Å². The average molecular weight is 607 g/mol. The van der Waals surface area contributed by atoms with Crippen LogP contribution in [0.3, 0.4) is 0 Å². The van der Waals surface area contributed by atoms with E-state index < -0.39 is 11.6 Å². The van der Waals surface area contributed by atoms with Gasteiger partial charge in [-0.25, -0.2) is 9.48 Å². The van der Waals surface area contributed by atoms with E-state index in [-0.39, 0.29) is 6.10 Å². The molecule has 1 saturated carbocycles. The van der Waals surface area contributed by atoms with E-state index in [1.54, 1.807) is 0 Å². The van der Waals surface area contributed by atoms with Crippen molar-refractivity contribution in [3.8, 4) is 0 Å². The fourth-order valence-corrected chi connectivity index (χ4v) is 8.61. The van der Waals surface area contributed by atoms with Crippen LogP contribution in [-0.2, 0) is 34.5 Å². The second kappa shape index (κ2) is 12.0. The average Bonchev–Trinajstić information content (AvgIpc) is 3.80. The van der Waals surface area contributed by atoms with Crippen molar-refractivity contribution in [2.45, 2.75) is 89.5 Å². The van der Waals surface area contributed by atoms with E-state index >= 15 is 0 Å². The molecule has 3 heterocycles. The minimum absolute atomic E-state index is 0.198. The Hall–Kier alpha value is -2.92. The summed E-state index contributed by atoms with van der Waals surface area (Å²) < 4.78 is 8.02. The molecule has 1 N–H and O–H groups in total. The van der Waals surface area contributed by atoms with Crippen LogP contribution < -0.4 is 0 Å². The first-order valence-corrected chi connectivity index (χ1v) is 16.5. The maximum Gasteiger partial charge on any atom is 0.349 e. The number of hydrogen-bond acceptors (Lipinski definition) is 9. The third-order valence-corrected chi connectivity index (χ3v) is 11.2. The Morgan fingerprint density at radius 3 is 2.38 bits per heavy atom. The number of carbonyl (C=O) groups is 2. The standard InChI is InChI=1S/C32H38N4O4S2/c1-20-8-14-28(41-20)32(39,29-15-9-21(2)42-29)31(38)40-24-12-10-23(11-13-24)35(3)16-5-17-36-30-26-7-4-6-25(26)22(19-37)18-27(30)33-34-36/h8-9,14-15,18-19,23-24,39H,4-7,10-13,16-17H2,1-3H3/t23-,24-. The van der Waals surface area contributed by atoms with Gasteiger partial charge in [-0.05, 0) is 120 Å². The van der Waals surface area contributed by atoms with Gasteiger partial charge < -0.3 is 14.7 Å². The number of aliphatic hydroxyl groups is 1. The molecule has 0 bridgehead atoms. The lowest BCUT2D eigenvalue weighted by atomic mass is 9.91. The molecule has 3 aromatic heterocycles. The highest BCUT2D eigenvalue weighted by Gasteiger charge is 2.45. The summed E-state index contributed by atoms with van der Waals surface area (Å²) in [7, 11) is 2.17. The molecule has 2 aliphatic carbocycles. The molecule has 1 aromatic carbocycles. The lowest BCUT2D eigenvalue weighted by Crippen LogP contribution is -2.42. The van der Waals surface area contributed by atoms with Gasteiger partial charge in [0.25, 0.3) is 0 Å². The van der Waals surface area contributed by atoms with Gasteiger partial charge in [0, 0.05) is 27.9 Å². The first-order chi connectivity index (χ1) is 20.3. The molecule has 0 aliphatic heterocycles. The van der Waals surface area contributed by atoms with Crippen LogP contribution in [0.2, 0.25) is 0 Å². The molecule has 0 spiro atoms. The Morgan fingerprint density at radius 1 is 1.10 bits per heavy atom. The van der Waals surface area contributed by atoms with Gasteiger partial charge in [-0.1, -0.05) is 5.21 Å². The van der Waals surface area contributed by atoms with Crippen LogP contribution in [0, 0.1) is 13.8 Å². The Morgan fingerprint density at radius 2 is 1.76 bits per heavy atom. The van der Waals surface area contributed by atoms with E-state index in [2.05, 4.69) is 22.3 Å². The molecule has 0 saturated heterocycles. The zero-order valence-corrected chi connectivity index (χ0v) is 26.1. The van der Waals surface area contributed by atoms with Crippen LogP contribution in [0.1, 0.15) is 79.5 Å². The van der Waals surface area contributed by atoms with E-state index in [1.807, 2.05) is 48.9 Å². The summed E-state index contributed by atoms with van der Waals surface area (Å²) in [5.74, 6) is -0.574. The zero-order valence-electron chi connectivity index (χ0n) is 24.5. The number of rotatable bonds is 10. The van der Waals surface area contributed by atoms with Gasteiger partial charge in [0.1, 0.15) is 17.9 Å². The first kappa shape index (κ1) is 29.2. The van der Waals surface area contributed by atoms with Crippen LogP contribution in [-0.4, -0.2) is 63.0 Å². The normalized spacial score (nSPS) is 19.0. The van der Waals surface area contributed by atoms with E-state index in [1.165, 1.54) is 33.8 Å². The van der Waals surface area contributed by atoms with Crippen molar-refractivity contribution in [2.75, 3.05) is 13.6 Å². The van der Waals surface area contributed by atoms with Gasteiger partial charge >= 0.3 is 5.97 Å². The van der Waals surface area contributed by atoms with Crippen LogP contribution in [0.4, 0.5) is 0 Å². The van der Waals surface area contributed by atoms with Crippen molar-refractivity contribution in [3.05, 3.63) is 66.5 Å². The third-order valence-electron chi connectivity index (χ3n) is 8.94. The summed E-state index contributed by atoms with van der Waals surface area (Å²) in [5, 5.41) is 20.5. The monoisotopic (exact) mass is 606 g/mol. The van der Waals surface area contributed by atoms with Gasteiger partial charge in [-0.15, -0.1) is 27.8 Å². The molecule has 6 rings (SSSR count). The summed E-state index contributed by atoms with van der Waals surface area (Å²) in [5.41, 5.74) is 3.31. The minimum atomic E-state index is -1.77. The Bertz CT molecular complexity index is 1560. The zero-order chi connectivity index (χ0) is 29.4. The number of aromatic nitrogens is 3. The Balaban J connectivity index is 1.03. The molecule has 10 heteroatoms. The SMILES string of the molecule is Cc1ccc(C(O)(C(=O)O[C@H]2CC[C@H](N(C)CCCn3nnc4cc(C=O)c5c(c43)CCC5)CC2)c2ccc(C)s2)s1. The number of benzene rings is 1. The van der Waals surface area contributed by atoms with Crippen LogP contribution >= 0.6 is 22.7 Å². The Kier molecular flexibility index (Phi) is 8.33. The van der Waals surface area contributed by atoms with Crippen LogP contribution in [0.25, 0.3) is 11.0 Å². The number of carbonyl (C=O) groups excluding carboxylic acids is 2. The highest BCUT2D eigenvalue weighted by Crippen LogP contribution is 2.40. The van der Waals surface area contributed by atoms with Gasteiger partial charge in [0.2, 0.25) is 5.60 Å². The molecule has 0 atom stereocenters. The van der Waals surface area contributed by atoms with E-state index in [4.69, 9.17) is 4.74 Å². The van der Waals surface area contributed by atoms with Gasteiger partial charge in [0.05, 0.1) is 15.3 Å². The molecule has 0 unspecified atom stereocenters. The molecule has 222 valence electrons. The lowest BCUT2D eigenvalue weighted by Gasteiger charge is -2.35. The summed E-state index contributed by atoms with van der Waals surface area (Å²) in [6.07, 6.45) is 8.14. The number of aldehydes is 1. The minimum Gasteiger partial charge on any atom is -0.460 e. The molecule has 1 fully saturated rings. The molecule has 42 heavy (non-hydrogen) atoms.